The lowest BCUT2D eigenvalue weighted by atomic mass is 10.2. The van der Waals surface area contributed by atoms with Crippen molar-refractivity contribution >= 4 is 12.1 Å². The number of hydrogen-bond acceptors (Lipinski definition) is 6. The fourth-order valence-electron chi connectivity index (χ4n) is 1.46. The summed E-state index contributed by atoms with van der Waals surface area (Å²) in [7, 11) is 0. The summed E-state index contributed by atoms with van der Waals surface area (Å²) in [6, 6.07) is 5.12. The molecule has 2 aromatic rings. The van der Waals surface area contributed by atoms with Crippen molar-refractivity contribution in [3.63, 3.8) is 0 Å². The summed E-state index contributed by atoms with van der Waals surface area (Å²) in [5.41, 5.74) is 2.59. The van der Waals surface area contributed by atoms with E-state index >= 15 is 0 Å². The number of rotatable bonds is 3. The van der Waals surface area contributed by atoms with Crippen LogP contribution in [0.2, 0.25) is 0 Å². The molecule has 7 nitrogen and oxygen atoms in total. The monoisotopic (exact) mass is 273 g/mol. The van der Waals surface area contributed by atoms with E-state index in [0.717, 1.165) is 18.3 Å². The SMILES string of the molecule is O=C(N/N=C/c1c(O)cc(O)cc1O)c1ccncc1. The van der Waals surface area contributed by atoms with Crippen molar-refractivity contribution in [2.75, 3.05) is 0 Å². The van der Waals surface area contributed by atoms with Gasteiger partial charge in [0.05, 0.1) is 11.8 Å². The van der Waals surface area contributed by atoms with Crippen LogP contribution in [-0.2, 0) is 0 Å². The summed E-state index contributed by atoms with van der Waals surface area (Å²) in [6.07, 6.45) is 4.01. The number of phenols is 3. The topological polar surface area (TPSA) is 115 Å². The maximum absolute atomic E-state index is 11.6. The number of amides is 1. The van der Waals surface area contributed by atoms with Crippen molar-refractivity contribution in [1.82, 2.24) is 10.4 Å². The Hall–Kier alpha value is -3.09. The smallest absolute Gasteiger partial charge is 0.271 e. The molecule has 0 aliphatic carbocycles. The van der Waals surface area contributed by atoms with Crippen LogP contribution < -0.4 is 5.43 Å². The molecule has 0 unspecified atom stereocenters. The van der Waals surface area contributed by atoms with Crippen molar-refractivity contribution < 1.29 is 20.1 Å². The van der Waals surface area contributed by atoms with E-state index in [1.165, 1.54) is 24.5 Å². The van der Waals surface area contributed by atoms with Gasteiger partial charge in [0, 0.05) is 30.1 Å². The van der Waals surface area contributed by atoms with Crippen LogP contribution in [0.1, 0.15) is 15.9 Å². The highest BCUT2D eigenvalue weighted by Gasteiger charge is 2.08. The Morgan fingerprint density at radius 1 is 1.15 bits per heavy atom. The van der Waals surface area contributed by atoms with Gasteiger partial charge in [-0.1, -0.05) is 0 Å². The maximum atomic E-state index is 11.6. The van der Waals surface area contributed by atoms with Gasteiger partial charge < -0.3 is 15.3 Å². The number of carbonyl (C=O) groups excluding carboxylic acids is 1. The fraction of sp³-hybridized carbons (Fsp3) is 0. The number of aromatic hydroxyl groups is 3. The molecule has 0 saturated carbocycles. The number of phenolic OH excluding ortho intramolecular Hbond substituents is 3. The molecule has 4 N–H and O–H groups in total. The van der Waals surface area contributed by atoms with Crippen LogP contribution in [0, 0.1) is 0 Å². The molecule has 2 rings (SSSR count). The van der Waals surface area contributed by atoms with E-state index in [4.69, 9.17) is 5.11 Å². The van der Waals surface area contributed by atoms with Gasteiger partial charge in [-0.05, 0) is 12.1 Å². The lowest BCUT2D eigenvalue weighted by molar-refractivity contribution is 0.0955. The molecule has 1 aromatic carbocycles. The highest BCUT2D eigenvalue weighted by atomic mass is 16.3. The second-order valence-corrected chi connectivity index (χ2v) is 3.83. The predicted molar refractivity (Wildman–Crippen MR) is 70.7 cm³/mol. The lowest BCUT2D eigenvalue weighted by Gasteiger charge is -2.03. The average Bonchev–Trinajstić information content (AvgIpc) is 2.42. The summed E-state index contributed by atoms with van der Waals surface area (Å²) in [5.74, 6) is -1.45. The number of nitrogens with one attached hydrogen (secondary N) is 1. The van der Waals surface area contributed by atoms with Crippen LogP contribution in [0.25, 0.3) is 0 Å². The van der Waals surface area contributed by atoms with E-state index in [1.807, 2.05) is 0 Å². The molecule has 20 heavy (non-hydrogen) atoms. The van der Waals surface area contributed by atoms with Crippen molar-refractivity contribution in [3.05, 3.63) is 47.8 Å². The van der Waals surface area contributed by atoms with Crippen molar-refractivity contribution in [2.24, 2.45) is 5.10 Å². The second-order valence-electron chi connectivity index (χ2n) is 3.83. The zero-order valence-electron chi connectivity index (χ0n) is 10.2. The minimum atomic E-state index is -0.457. The van der Waals surface area contributed by atoms with Gasteiger partial charge in [-0.15, -0.1) is 0 Å². The Balaban J connectivity index is 2.10. The van der Waals surface area contributed by atoms with E-state index < -0.39 is 5.91 Å². The molecule has 0 fully saturated rings. The number of carbonyl (C=O) groups is 1. The molecule has 1 heterocycles. The average molecular weight is 273 g/mol. The number of aromatic nitrogens is 1. The molecular formula is C13H11N3O4. The molecule has 0 bridgehead atoms. The summed E-state index contributed by atoms with van der Waals surface area (Å²) in [6.45, 7) is 0. The highest BCUT2D eigenvalue weighted by molar-refractivity contribution is 5.95. The number of pyridine rings is 1. The summed E-state index contributed by atoms with van der Waals surface area (Å²) in [4.78, 5) is 15.4. The minimum absolute atomic E-state index is 0.0159. The third kappa shape index (κ3) is 3.02. The minimum Gasteiger partial charge on any atom is -0.508 e. The van der Waals surface area contributed by atoms with Gasteiger partial charge in [-0.25, -0.2) is 5.43 Å². The highest BCUT2D eigenvalue weighted by Crippen LogP contribution is 2.30. The van der Waals surface area contributed by atoms with Crippen LogP contribution in [0.4, 0.5) is 0 Å². The van der Waals surface area contributed by atoms with Crippen LogP contribution in [0.15, 0.2) is 41.8 Å². The summed E-state index contributed by atoms with van der Waals surface area (Å²) >= 11 is 0. The summed E-state index contributed by atoms with van der Waals surface area (Å²) < 4.78 is 0. The van der Waals surface area contributed by atoms with Gasteiger partial charge in [0.25, 0.3) is 5.91 Å². The standard InChI is InChI=1S/C13H11N3O4/c17-9-5-11(18)10(12(19)6-9)7-15-16-13(20)8-1-3-14-4-2-8/h1-7,17-19H,(H,16,20)/b15-7+. The van der Waals surface area contributed by atoms with Crippen LogP contribution in [-0.4, -0.2) is 32.4 Å². The van der Waals surface area contributed by atoms with Crippen molar-refractivity contribution in [3.8, 4) is 17.2 Å². The molecule has 1 amide bonds. The molecule has 0 radical (unpaired) electrons. The number of benzene rings is 1. The van der Waals surface area contributed by atoms with Gasteiger partial charge >= 0.3 is 0 Å². The van der Waals surface area contributed by atoms with E-state index in [2.05, 4.69) is 15.5 Å². The molecule has 1 aromatic heterocycles. The lowest BCUT2D eigenvalue weighted by Crippen LogP contribution is -2.17. The largest absolute Gasteiger partial charge is 0.508 e. The predicted octanol–water partition coefficient (Wildman–Crippen LogP) is 0.962. The number of hydrazone groups is 1. The Labute approximate surface area is 113 Å². The van der Waals surface area contributed by atoms with Gasteiger partial charge in [-0.3, -0.25) is 9.78 Å². The fourth-order valence-corrected chi connectivity index (χ4v) is 1.46. The maximum Gasteiger partial charge on any atom is 0.271 e. The molecule has 0 aliphatic heterocycles. The van der Waals surface area contributed by atoms with Crippen LogP contribution in [0.5, 0.6) is 17.2 Å². The molecule has 0 aliphatic rings. The van der Waals surface area contributed by atoms with Gasteiger partial charge in [-0.2, -0.15) is 5.10 Å². The zero-order valence-corrected chi connectivity index (χ0v) is 10.2. The van der Waals surface area contributed by atoms with Gasteiger partial charge in [0.15, 0.2) is 0 Å². The number of nitrogens with zero attached hydrogens (tertiary/aromatic N) is 2. The summed E-state index contributed by atoms with van der Waals surface area (Å²) in [5, 5.41) is 31.8. The van der Waals surface area contributed by atoms with Crippen molar-refractivity contribution in [2.45, 2.75) is 0 Å². The van der Waals surface area contributed by atoms with E-state index in [1.54, 1.807) is 0 Å². The number of hydrogen-bond donors (Lipinski definition) is 4. The van der Waals surface area contributed by atoms with Gasteiger partial charge in [0.1, 0.15) is 17.2 Å². The molecule has 0 spiro atoms. The van der Waals surface area contributed by atoms with Crippen molar-refractivity contribution in [1.29, 1.82) is 0 Å². The quantitative estimate of drug-likeness (QED) is 0.491. The van der Waals surface area contributed by atoms with Crippen LogP contribution >= 0.6 is 0 Å². The molecule has 0 saturated heterocycles. The molecular weight excluding hydrogens is 262 g/mol. The molecule has 7 heteroatoms. The first-order chi connectivity index (χ1) is 9.58. The van der Waals surface area contributed by atoms with E-state index in [-0.39, 0.29) is 22.8 Å². The third-order valence-corrected chi connectivity index (χ3v) is 2.42. The van der Waals surface area contributed by atoms with E-state index in [9.17, 15) is 15.0 Å². The Bertz CT molecular complexity index is 633. The zero-order chi connectivity index (χ0) is 14.5. The normalized spacial score (nSPS) is 10.6. The van der Waals surface area contributed by atoms with Crippen LogP contribution in [0.3, 0.4) is 0 Å². The second kappa shape index (κ2) is 5.70. The molecule has 0 atom stereocenters. The Kier molecular flexibility index (Phi) is 3.80. The Morgan fingerprint density at radius 3 is 2.35 bits per heavy atom. The first kappa shape index (κ1) is 13.3. The first-order valence-electron chi connectivity index (χ1n) is 5.56. The molecule has 102 valence electrons. The third-order valence-electron chi connectivity index (χ3n) is 2.42. The first-order valence-corrected chi connectivity index (χ1v) is 5.56. The van der Waals surface area contributed by atoms with Gasteiger partial charge in [0.2, 0.25) is 0 Å². The Morgan fingerprint density at radius 2 is 1.75 bits per heavy atom. The van der Waals surface area contributed by atoms with E-state index in [0.29, 0.717) is 5.56 Å².